The number of nitrogens with zero attached hydrogens (tertiary/aromatic N) is 3. The molecule has 6 N–H and O–H groups in total. The molecule has 0 unspecified atom stereocenters. The number of amides is 1. The average Bonchev–Trinajstić information content (AvgIpc) is 3.07. The second-order valence-corrected chi connectivity index (χ2v) is 9.98. The molecule has 1 heterocycles. The van der Waals surface area contributed by atoms with E-state index in [1.165, 1.54) is 5.56 Å². The third-order valence-corrected chi connectivity index (χ3v) is 6.53. The van der Waals surface area contributed by atoms with Crippen LogP contribution in [-0.2, 0) is 22.3 Å². The van der Waals surface area contributed by atoms with Gasteiger partial charge in [-0.05, 0) is 42.2 Å². The number of hydrogen-bond acceptors (Lipinski definition) is 11. The molecular formula is C33H40N8O4. The molecule has 0 aliphatic rings. The molecule has 0 saturated heterocycles. The summed E-state index contributed by atoms with van der Waals surface area (Å²) in [5, 5.41) is 12.6. The fourth-order valence-corrected chi connectivity index (χ4v) is 4.25. The van der Waals surface area contributed by atoms with Gasteiger partial charge < -0.3 is 36.5 Å². The average molecular weight is 613 g/mol. The van der Waals surface area contributed by atoms with E-state index in [1.54, 1.807) is 30.3 Å². The van der Waals surface area contributed by atoms with E-state index in [1.807, 2.05) is 36.4 Å². The lowest BCUT2D eigenvalue weighted by molar-refractivity contribution is 0.0511. The fourth-order valence-electron chi connectivity index (χ4n) is 4.25. The number of aromatic nitrogens is 3. The van der Waals surface area contributed by atoms with Gasteiger partial charge in [0.2, 0.25) is 17.8 Å². The predicted molar refractivity (Wildman–Crippen MR) is 175 cm³/mol. The predicted octanol–water partition coefficient (Wildman–Crippen LogP) is 3.46. The summed E-state index contributed by atoms with van der Waals surface area (Å²) in [7, 11) is 0. The maximum absolute atomic E-state index is 12.7. The highest BCUT2D eigenvalue weighted by molar-refractivity contribution is 5.95. The molecular weight excluding hydrogens is 572 g/mol. The number of rotatable bonds is 20. The second kappa shape index (κ2) is 18.7. The number of anilines is 4. The van der Waals surface area contributed by atoms with Crippen molar-refractivity contribution in [3.05, 3.63) is 101 Å². The topological polar surface area (TPSA) is 165 Å². The van der Waals surface area contributed by atoms with Crippen LogP contribution in [0.25, 0.3) is 0 Å². The minimum absolute atomic E-state index is 0.218. The zero-order valence-electron chi connectivity index (χ0n) is 25.2. The van der Waals surface area contributed by atoms with Gasteiger partial charge >= 0.3 is 0 Å². The van der Waals surface area contributed by atoms with Gasteiger partial charge in [0.15, 0.2) is 0 Å². The van der Waals surface area contributed by atoms with E-state index in [2.05, 4.69) is 48.4 Å². The van der Waals surface area contributed by atoms with E-state index in [0.717, 1.165) is 18.3 Å². The Balaban J connectivity index is 1.36. The maximum Gasteiger partial charge on any atom is 0.251 e. The monoisotopic (exact) mass is 612 g/mol. The second-order valence-electron chi connectivity index (χ2n) is 9.98. The van der Waals surface area contributed by atoms with Crippen molar-refractivity contribution in [3.63, 3.8) is 0 Å². The third kappa shape index (κ3) is 11.9. The van der Waals surface area contributed by atoms with E-state index in [-0.39, 0.29) is 5.91 Å². The highest BCUT2D eigenvalue weighted by Crippen LogP contribution is 2.18. The lowest BCUT2D eigenvalue weighted by Crippen LogP contribution is -2.27. The standard InChI is InChI=1S/C33H40N8O4/c34-15-19-44-21-22-45-20-18-35-30(43)28-7-4-8-29(23-28)38-33-40-31(36-16-13-25-5-2-1-3-6-25)39-32(41-33)37-17-14-26-9-11-27(24-42)12-10-26/h1-12,23-24H,13-22,34H2,(H,35,43)(H3,36,37,38,39,40,41). The summed E-state index contributed by atoms with van der Waals surface area (Å²) >= 11 is 0. The Labute approximate surface area is 263 Å². The van der Waals surface area contributed by atoms with E-state index < -0.39 is 0 Å². The SMILES string of the molecule is NCCOCCOCCNC(=O)c1cccc(Nc2nc(NCCc3ccccc3)nc(NCCc3ccc(C=O)cc3)n2)c1. The van der Waals surface area contributed by atoms with Crippen molar-refractivity contribution >= 4 is 35.7 Å². The van der Waals surface area contributed by atoms with Crippen molar-refractivity contribution in [3.8, 4) is 0 Å². The van der Waals surface area contributed by atoms with Crippen LogP contribution >= 0.6 is 0 Å². The molecule has 0 aliphatic heterocycles. The number of carbonyl (C=O) groups is 2. The largest absolute Gasteiger partial charge is 0.378 e. The molecule has 0 aliphatic carbocycles. The Hall–Kier alpha value is -4.91. The molecule has 1 amide bonds. The molecule has 0 spiro atoms. The Morgan fingerprint density at radius 3 is 2.02 bits per heavy atom. The van der Waals surface area contributed by atoms with Crippen molar-refractivity contribution in [1.82, 2.24) is 20.3 Å². The number of benzene rings is 3. The lowest BCUT2D eigenvalue weighted by Gasteiger charge is -2.12. The third-order valence-electron chi connectivity index (χ3n) is 6.53. The summed E-state index contributed by atoms with van der Waals surface area (Å²) in [5.41, 5.74) is 9.45. The molecule has 0 saturated carbocycles. The van der Waals surface area contributed by atoms with E-state index in [0.29, 0.717) is 93.7 Å². The van der Waals surface area contributed by atoms with Crippen molar-refractivity contribution < 1.29 is 19.1 Å². The fraction of sp³-hybridized carbons (Fsp3) is 0.303. The maximum atomic E-state index is 12.7. The van der Waals surface area contributed by atoms with Gasteiger partial charge in [0.05, 0.1) is 26.4 Å². The quantitative estimate of drug-likeness (QED) is 0.0733. The van der Waals surface area contributed by atoms with E-state index in [4.69, 9.17) is 15.2 Å². The van der Waals surface area contributed by atoms with Crippen LogP contribution in [0.4, 0.5) is 23.5 Å². The molecule has 4 rings (SSSR count). The van der Waals surface area contributed by atoms with Gasteiger partial charge in [-0.2, -0.15) is 15.0 Å². The van der Waals surface area contributed by atoms with Gasteiger partial charge in [0.25, 0.3) is 5.91 Å². The smallest absolute Gasteiger partial charge is 0.251 e. The molecule has 1 aromatic heterocycles. The molecule has 45 heavy (non-hydrogen) atoms. The van der Waals surface area contributed by atoms with Crippen molar-refractivity contribution in [2.45, 2.75) is 12.8 Å². The summed E-state index contributed by atoms with van der Waals surface area (Å²) in [6.45, 7) is 3.84. The highest BCUT2D eigenvalue weighted by Gasteiger charge is 2.10. The van der Waals surface area contributed by atoms with Gasteiger partial charge in [-0.15, -0.1) is 0 Å². The van der Waals surface area contributed by atoms with Crippen molar-refractivity contribution in [2.24, 2.45) is 5.73 Å². The molecule has 236 valence electrons. The van der Waals surface area contributed by atoms with Crippen LogP contribution < -0.4 is 27.0 Å². The van der Waals surface area contributed by atoms with Crippen LogP contribution in [-0.4, -0.2) is 79.8 Å². The number of nitrogens with two attached hydrogens (primary N) is 1. The first-order chi connectivity index (χ1) is 22.1. The lowest BCUT2D eigenvalue weighted by atomic mass is 10.1. The Morgan fingerprint density at radius 2 is 1.36 bits per heavy atom. The molecule has 0 atom stereocenters. The number of nitrogens with one attached hydrogen (secondary N) is 4. The molecule has 12 nitrogen and oxygen atoms in total. The van der Waals surface area contributed by atoms with Crippen LogP contribution in [0.1, 0.15) is 31.8 Å². The van der Waals surface area contributed by atoms with Gasteiger partial charge in [-0.25, -0.2) is 0 Å². The van der Waals surface area contributed by atoms with Gasteiger partial charge in [0.1, 0.15) is 6.29 Å². The van der Waals surface area contributed by atoms with Gasteiger partial charge in [-0.1, -0.05) is 60.7 Å². The Morgan fingerprint density at radius 1 is 0.711 bits per heavy atom. The first kappa shape index (κ1) is 33.0. The van der Waals surface area contributed by atoms with Crippen molar-refractivity contribution in [2.75, 3.05) is 68.6 Å². The summed E-state index contributed by atoms with van der Waals surface area (Å²) in [4.78, 5) is 37.4. The normalized spacial score (nSPS) is 10.7. The van der Waals surface area contributed by atoms with Crippen LogP contribution in [0, 0.1) is 0 Å². The Bertz CT molecular complexity index is 1470. The van der Waals surface area contributed by atoms with Crippen LogP contribution in [0.3, 0.4) is 0 Å². The summed E-state index contributed by atoms with van der Waals surface area (Å²) in [5.74, 6) is 0.932. The number of ether oxygens (including phenoxy) is 2. The van der Waals surface area contributed by atoms with Crippen LogP contribution in [0.5, 0.6) is 0 Å². The van der Waals surface area contributed by atoms with Crippen molar-refractivity contribution in [1.29, 1.82) is 0 Å². The first-order valence-corrected chi connectivity index (χ1v) is 15.0. The van der Waals surface area contributed by atoms with Gasteiger partial charge in [-0.3, -0.25) is 9.59 Å². The van der Waals surface area contributed by atoms with Crippen LogP contribution in [0.15, 0.2) is 78.9 Å². The number of aldehydes is 1. The minimum atomic E-state index is -0.218. The summed E-state index contributed by atoms with van der Waals surface area (Å²) in [6.07, 6.45) is 2.35. The molecule has 12 heteroatoms. The zero-order valence-corrected chi connectivity index (χ0v) is 25.2. The molecule has 3 aromatic carbocycles. The summed E-state index contributed by atoms with van der Waals surface area (Å²) < 4.78 is 10.7. The highest BCUT2D eigenvalue weighted by atomic mass is 16.5. The first-order valence-electron chi connectivity index (χ1n) is 15.0. The zero-order chi connectivity index (χ0) is 31.5. The minimum Gasteiger partial charge on any atom is -0.378 e. The van der Waals surface area contributed by atoms with E-state index >= 15 is 0 Å². The molecule has 0 bridgehead atoms. The molecule has 4 aromatic rings. The van der Waals surface area contributed by atoms with E-state index in [9.17, 15) is 9.59 Å². The number of carbonyl (C=O) groups excluding carboxylic acids is 2. The molecule has 0 fully saturated rings. The van der Waals surface area contributed by atoms with Crippen LogP contribution in [0.2, 0.25) is 0 Å². The molecule has 0 radical (unpaired) electrons. The van der Waals surface area contributed by atoms with Gasteiger partial charge in [0, 0.05) is 43.0 Å². The Kier molecular flexibility index (Phi) is 13.7. The number of hydrogen-bond donors (Lipinski definition) is 5. The summed E-state index contributed by atoms with van der Waals surface area (Å²) in [6, 6.07) is 24.7.